The summed E-state index contributed by atoms with van der Waals surface area (Å²) < 4.78 is 26.7. The van der Waals surface area contributed by atoms with E-state index in [4.69, 9.17) is 0 Å². The summed E-state index contributed by atoms with van der Waals surface area (Å²) in [6, 6.07) is 5.35. The van der Waals surface area contributed by atoms with E-state index >= 15 is 0 Å². The van der Waals surface area contributed by atoms with Gasteiger partial charge in [0.05, 0.1) is 4.90 Å². The van der Waals surface area contributed by atoms with Crippen LogP contribution in [0, 0.1) is 0 Å². The summed E-state index contributed by atoms with van der Waals surface area (Å²) in [4.78, 5) is 13.6. The summed E-state index contributed by atoms with van der Waals surface area (Å²) in [5.74, 6) is 0.0356. The van der Waals surface area contributed by atoms with Crippen molar-refractivity contribution in [1.29, 1.82) is 0 Å². The molecule has 0 aliphatic carbocycles. The van der Waals surface area contributed by atoms with E-state index in [1.165, 1.54) is 0 Å². The highest BCUT2D eigenvalue weighted by Gasteiger charge is 2.28. The first-order valence-corrected chi connectivity index (χ1v) is 8.80. The zero-order valence-electron chi connectivity index (χ0n) is 12.2. The average molecular weight is 308 g/mol. The highest BCUT2D eigenvalue weighted by atomic mass is 32.2. The van der Waals surface area contributed by atoms with E-state index in [1.807, 2.05) is 6.07 Å². The first kappa shape index (κ1) is 14.5. The van der Waals surface area contributed by atoms with Gasteiger partial charge in [-0.15, -0.1) is 0 Å². The van der Waals surface area contributed by atoms with Crippen LogP contribution in [0.2, 0.25) is 0 Å². The van der Waals surface area contributed by atoms with Crippen LogP contribution in [-0.4, -0.2) is 43.2 Å². The summed E-state index contributed by atoms with van der Waals surface area (Å²) in [5, 5.41) is 0. The summed E-state index contributed by atoms with van der Waals surface area (Å²) in [6.45, 7) is 3.99. The molecule has 0 atom stereocenters. The minimum Gasteiger partial charge on any atom is -0.338 e. The largest absolute Gasteiger partial charge is 0.338 e. The molecule has 3 rings (SSSR count). The minimum absolute atomic E-state index is 0.0356. The molecule has 5 nitrogen and oxygen atoms in total. The van der Waals surface area contributed by atoms with Crippen LogP contribution in [0.15, 0.2) is 23.1 Å². The number of amides is 1. The number of rotatable bonds is 2. The maximum Gasteiger partial charge on any atom is 0.243 e. The van der Waals surface area contributed by atoms with E-state index in [0.717, 1.165) is 30.4 Å². The lowest BCUT2D eigenvalue weighted by molar-refractivity contribution is -0.129. The zero-order valence-corrected chi connectivity index (χ0v) is 13.0. The molecule has 6 heteroatoms. The van der Waals surface area contributed by atoms with Crippen molar-refractivity contribution < 1.29 is 13.2 Å². The van der Waals surface area contributed by atoms with Gasteiger partial charge in [-0.05, 0) is 42.5 Å². The lowest BCUT2D eigenvalue weighted by atomic mass is 10.00. The molecule has 2 heterocycles. The third-order valence-electron chi connectivity index (χ3n) is 4.34. The van der Waals surface area contributed by atoms with Gasteiger partial charge in [-0.2, -0.15) is 4.31 Å². The Morgan fingerprint density at radius 3 is 2.48 bits per heavy atom. The van der Waals surface area contributed by atoms with Crippen molar-refractivity contribution in [3.05, 3.63) is 29.3 Å². The fraction of sp³-hybridized carbons (Fsp3) is 0.533. The Labute approximate surface area is 125 Å². The number of hydrogen-bond donors (Lipinski definition) is 0. The molecule has 2 aliphatic rings. The lowest BCUT2D eigenvalue weighted by Gasteiger charge is -2.28. The fourth-order valence-corrected chi connectivity index (χ4v) is 4.61. The monoisotopic (exact) mass is 308 g/mol. The van der Waals surface area contributed by atoms with E-state index in [9.17, 15) is 13.2 Å². The molecule has 0 unspecified atom stereocenters. The second-order valence-corrected chi connectivity index (χ2v) is 7.67. The number of hydrogen-bond acceptors (Lipinski definition) is 3. The van der Waals surface area contributed by atoms with E-state index in [0.29, 0.717) is 31.1 Å². The number of carbonyl (C=O) groups excluding carboxylic acids is 1. The second kappa shape index (κ2) is 5.42. The van der Waals surface area contributed by atoms with Crippen molar-refractivity contribution in [2.24, 2.45) is 0 Å². The Balaban J connectivity index is 1.92. The highest BCUT2D eigenvalue weighted by molar-refractivity contribution is 7.89. The van der Waals surface area contributed by atoms with Crippen LogP contribution in [0.1, 0.15) is 30.9 Å². The normalized spacial score (nSPS) is 19.6. The van der Waals surface area contributed by atoms with Gasteiger partial charge in [0.15, 0.2) is 0 Å². The maximum absolute atomic E-state index is 12.6. The average Bonchev–Trinajstić information content (AvgIpc) is 3.01. The molecule has 0 aromatic heterocycles. The quantitative estimate of drug-likeness (QED) is 0.829. The van der Waals surface area contributed by atoms with Crippen LogP contribution < -0.4 is 0 Å². The summed E-state index contributed by atoms with van der Waals surface area (Å²) in [7, 11) is -3.38. The summed E-state index contributed by atoms with van der Waals surface area (Å²) in [6.07, 6.45) is 2.66. The smallest absolute Gasteiger partial charge is 0.243 e. The van der Waals surface area contributed by atoms with Crippen LogP contribution in [0.4, 0.5) is 0 Å². The number of benzene rings is 1. The fourth-order valence-electron chi connectivity index (χ4n) is 3.04. The van der Waals surface area contributed by atoms with Crippen molar-refractivity contribution in [3.8, 4) is 0 Å². The third-order valence-corrected chi connectivity index (χ3v) is 6.23. The van der Waals surface area contributed by atoms with E-state index in [-0.39, 0.29) is 5.91 Å². The number of fused-ring (bicyclic) bond motifs is 1. The molecule has 21 heavy (non-hydrogen) atoms. The Morgan fingerprint density at radius 1 is 1.10 bits per heavy atom. The molecule has 1 amide bonds. The molecule has 2 aliphatic heterocycles. The van der Waals surface area contributed by atoms with Gasteiger partial charge in [-0.25, -0.2) is 8.42 Å². The van der Waals surface area contributed by atoms with Gasteiger partial charge in [0.25, 0.3) is 0 Å². The van der Waals surface area contributed by atoms with E-state index < -0.39 is 10.0 Å². The van der Waals surface area contributed by atoms with Crippen LogP contribution in [0.25, 0.3) is 0 Å². The molecule has 0 bridgehead atoms. The van der Waals surface area contributed by atoms with Crippen molar-refractivity contribution in [2.75, 3.05) is 19.6 Å². The van der Waals surface area contributed by atoms with Crippen molar-refractivity contribution in [3.63, 3.8) is 0 Å². The Morgan fingerprint density at radius 2 is 1.81 bits per heavy atom. The van der Waals surface area contributed by atoms with E-state index in [1.54, 1.807) is 28.3 Å². The molecule has 0 radical (unpaired) electrons. The maximum atomic E-state index is 12.6. The number of sulfonamides is 1. The first-order chi connectivity index (χ1) is 9.98. The van der Waals surface area contributed by atoms with Crippen molar-refractivity contribution >= 4 is 15.9 Å². The van der Waals surface area contributed by atoms with Crippen LogP contribution >= 0.6 is 0 Å². The molecule has 0 spiro atoms. The van der Waals surface area contributed by atoms with Gasteiger partial charge < -0.3 is 4.90 Å². The van der Waals surface area contributed by atoms with Crippen LogP contribution in [-0.2, 0) is 27.8 Å². The minimum atomic E-state index is -3.38. The molecular weight excluding hydrogens is 288 g/mol. The zero-order chi connectivity index (χ0) is 15.0. The molecule has 1 aromatic carbocycles. The summed E-state index contributed by atoms with van der Waals surface area (Å²) >= 11 is 0. The Bertz CT molecular complexity index is 663. The summed E-state index contributed by atoms with van der Waals surface area (Å²) in [5.41, 5.74) is 2.10. The topological polar surface area (TPSA) is 57.7 Å². The molecule has 1 saturated heterocycles. The molecular formula is C15H20N2O3S. The molecule has 1 fully saturated rings. The van der Waals surface area contributed by atoms with E-state index in [2.05, 4.69) is 0 Å². The van der Waals surface area contributed by atoms with Gasteiger partial charge >= 0.3 is 0 Å². The lowest BCUT2D eigenvalue weighted by Crippen LogP contribution is -2.34. The SMILES string of the molecule is CC(=O)N1CCc2ccc(S(=O)(=O)N3CCCC3)cc2C1. The number of nitrogens with zero attached hydrogens (tertiary/aromatic N) is 2. The Kier molecular flexibility index (Phi) is 3.75. The third kappa shape index (κ3) is 2.70. The van der Waals surface area contributed by atoms with Gasteiger partial charge in [0.2, 0.25) is 15.9 Å². The predicted molar refractivity (Wildman–Crippen MR) is 79.2 cm³/mol. The van der Waals surface area contributed by atoms with Crippen LogP contribution in [0.3, 0.4) is 0 Å². The van der Waals surface area contributed by atoms with Gasteiger partial charge in [0, 0.05) is 33.1 Å². The van der Waals surface area contributed by atoms with Gasteiger partial charge in [-0.1, -0.05) is 6.07 Å². The molecule has 0 saturated carbocycles. The molecule has 1 aromatic rings. The van der Waals surface area contributed by atoms with Crippen molar-refractivity contribution in [1.82, 2.24) is 9.21 Å². The predicted octanol–water partition coefficient (Wildman–Crippen LogP) is 1.38. The standard InChI is InChI=1S/C15H20N2O3S/c1-12(18)16-9-6-13-4-5-15(10-14(13)11-16)21(19,20)17-7-2-3-8-17/h4-5,10H,2-3,6-9,11H2,1H3. The van der Waals surface area contributed by atoms with Crippen molar-refractivity contribution in [2.45, 2.75) is 37.6 Å². The molecule has 114 valence electrons. The van der Waals surface area contributed by atoms with Gasteiger partial charge in [0.1, 0.15) is 0 Å². The Hall–Kier alpha value is -1.40. The van der Waals surface area contributed by atoms with Gasteiger partial charge in [-0.3, -0.25) is 4.79 Å². The number of carbonyl (C=O) groups is 1. The second-order valence-electron chi connectivity index (χ2n) is 5.73. The first-order valence-electron chi connectivity index (χ1n) is 7.36. The van der Waals surface area contributed by atoms with Crippen LogP contribution in [0.5, 0.6) is 0 Å². The molecule has 0 N–H and O–H groups in total. The highest BCUT2D eigenvalue weighted by Crippen LogP contribution is 2.26.